The molecular formula is C19H23N7O2. The number of hydrogen-bond donors (Lipinski definition) is 1. The number of amides is 1. The van der Waals surface area contributed by atoms with Crippen LogP contribution in [0.2, 0.25) is 0 Å². The van der Waals surface area contributed by atoms with Crippen molar-refractivity contribution in [3.05, 3.63) is 47.1 Å². The van der Waals surface area contributed by atoms with Gasteiger partial charge in [0, 0.05) is 41.2 Å². The Bertz CT molecular complexity index is 1060. The van der Waals surface area contributed by atoms with Crippen molar-refractivity contribution >= 4 is 34.3 Å². The number of aryl methyl sites for hydroxylation is 1. The first-order valence-corrected chi connectivity index (χ1v) is 8.82. The monoisotopic (exact) mass is 381 g/mol. The molecule has 3 aromatic rings. The third-order valence-corrected chi connectivity index (χ3v) is 4.16. The number of para-hydroxylation sites is 1. The largest absolute Gasteiger partial charge is 0.361 e. The first-order valence-electron chi connectivity index (χ1n) is 8.82. The Morgan fingerprint density at radius 1 is 1.11 bits per heavy atom. The molecule has 0 spiro atoms. The average molecular weight is 381 g/mol. The van der Waals surface area contributed by atoms with Gasteiger partial charge >= 0.3 is 0 Å². The van der Waals surface area contributed by atoms with Crippen molar-refractivity contribution in [2.24, 2.45) is 0 Å². The molecular weight excluding hydrogens is 358 g/mol. The van der Waals surface area contributed by atoms with Crippen molar-refractivity contribution < 1.29 is 4.79 Å². The summed E-state index contributed by atoms with van der Waals surface area (Å²) in [6.07, 6.45) is 3.18. The lowest BCUT2D eigenvalue weighted by Crippen LogP contribution is -2.24. The van der Waals surface area contributed by atoms with E-state index < -0.39 is 0 Å². The fourth-order valence-electron chi connectivity index (χ4n) is 2.71. The summed E-state index contributed by atoms with van der Waals surface area (Å²) in [5.74, 6) is 0.927. The van der Waals surface area contributed by atoms with E-state index in [0.29, 0.717) is 28.4 Å². The van der Waals surface area contributed by atoms with Gasteiger partial charge in [0.15, 0.2) is 5.82 Å². The lowest BCUT2D eigenvalue weighted by molar-refractivity contribution is -0.116. The molecule has 1 N–H and O–H groups in total. The first kappa shape index (κ1) is 19.3. The van der Waals surface area contributed by atoms with Gasteiger partial charge in [-0.15, -0.1) is 0 Å². The van der Waals surface area contributed by atoms with Crippen LogP contribution in [0.1, 0.15) is 6.42 Å². The molecule has 0 unspecified atom stereocenters. The smallest absolute Gasteiger partial charge is 0.261 e. The van der Waals surface area contributed by atoms with Crippen molar-refractivity contribution in [1.82, 2.24) is 19.5 Å². The number of aromatic nitrogens is 4. The highest BCUT2D eigenvalue weighted by Crippen LogP contribution is 2.23. The van der Waals surface area contributed by atoms with E-state index in [1.54, 1.807) is 29.3 Å². The standard InChI is InChI=1S/C19H23N7O2/c1-24(2)17-15(11-20-19(23-17)25(3)4)22-16(27)9-10-26-12-21-14-8-6-5-7-13(14)18(26)28/h5-8,11-12H,9-10H2,1-4H3,(H,22,27). The van der Waals surface area contributed by atoms with Crippen LogP contribution in [0.3, 0.4) is 0 Å². The normalized spacial score (nSPS) is 10.7. The molecule has 146 valence electrons. The van der Waals surface area contributed by atoms with E-state index in [4.69, 9.17) is 0 Å². The number of carbonyl (C=O) groups is 1. The van der Waals surface area contributed by atoms with Gasteiger partial charge in [0.2, 0.25) is 11.9 Å². The van der Waals surface area contributed by atoms with Crippen LogP contribution in [-0.4, -0.2) is 53.6 Å². The van der Waals surface area contributed by atoms with Crippen molar-refractivity contribution in [2.75, 3.05) is 43.3 Å². The molecule has 3 rings (SSSR count). The number of nitrogens with one attached hydrogen (secondary N) is 1. The summed E-state index contributed by atoms with van der Waals surface area (Å²) < 4.78 is 1.44. The summed E-state index contributed by atoms with van der Waals surface area (Å²) in [5, 5.41) is 3.36. The molecule has 1 aromatic carbocycles. The van der Waals surface area contributed by atoms with Gasteiger partial charge in [-0.1, -0.05) is 12.1 Å². The van der Waals surface area contributed by atoms with Crippen molar-refractivity contribution in [1.29, 1.82) is 0 Å². The van der Waals surface area contributed by atoms with Gasteiger partial charge in [0.1, 0.15) is 5.69 Å². The predicted octanol–water partition coefficient (Wildman–Crippen LogP) is 1.35. The van der Waals surface area contributed by atoms with E-state index in [9.17, 15) is 9.59 Å². The first-order chi connectivity index (χ1) is 13.4. The van der Waals surface area contributed by atoms with Gasteiger partial charge in [0.25, 0.3) is 5.56 Å². The van der Waals surface area contributed by atoms with Crippen LogP contribution in [0.15, 0.2) is 41.6 Å². The van der Waals surface area contributed by atoms with Crippen molar-refractivity contribution in [3.63, 3.8) is 0 Å². The molecule has 0 saturated heterocycles. The summed E-state index contributed by atoms with van der Waals surface area (Å²) in [6, 6.07) is 7.14. The van der Waals surface area contributed by atoms with Crippen LogP contribution in [0.4, 0.5) is 17.5 Å². The van der Waals surface area contributed by atoms with Crippen LogP contribution in [-0.2, 0) is 11.3 Å². The summed E-state index contributed by atoms with van der Waals surface area (Å²) in [4.78, 5) is 41.5. The fraction of sp³-hybridized carbons (Fsp3) is 0.316. The highest BCUT2D eigenvalue weighted by Gasteiger charge is 2.13. The van der Waals surface area contributed by atoms with E-state index in [2.05, 4.69) is 20.3 Å². The summed E-state index contributed by atoms with van der Waals surface area (Å²) in [7, 11) is 7.39. The summed E-state index contributed by atoms with van der Waals surface area (Å²) in [6.45, 7) is 0.233. The highest BCUT2D eigenvalue weighted by atomic mass is 16.2. The second kappa shape index (κ2) is 8.03. The van der Waals surface area contributed by atoms with Gasteiger partial charge in [-0.25, -0.2) is 9.97 Å². The molecule has 0 radical (unpaired) electrons. The second-order valence-corrected chi connectivity index (χ2v) is 6.75. The Morgan fingerprint density at radius 3 is 2.57 bits per heavy atom. The Labute approximate surface area is 162 Å². The molecule has 1 amide bonds. The Morgan fingerprint density at radius 2 is 1.86 bits per heavy atom. The van der Waals surface area contributed by atoms with Gasteiger partial charge in [0.05, 0.1) is 23.4 Å². The summed E-state index contributed by atoms with van der Waals surface area (Å²) >= 11 is 0. The molecule has 0 aliphatic rings. The molecule has 2 aromatic heterocycles. The maximum atomic E-state index is 12.5. The third-order valence-electron chi connectivity index (χ3n) is 4.16. The molecule has 0 atom stereocenters. The van der Waals surface area contributed by atoms with Crippen LogP contribution in [0.25, 0.3) is 10.9 Å². The third kappa shape index (κ3) is 4.08. The molecule has 0 fully saturated rings. The van der Waals surface area contributed by atoms with E-state index in [0.717, 1.165) is 0 Å². The van der Waals surface area contributed by atoms with E-state index in [1.807, 2.05) is 39.2 Å². The number of nitrogens with zero attached hydrogens (tertiary/aromatic N) is 6. The summed E-state index contributed by atoms with van der Waals surface area (Å²) in [5.41, 5.74) is 0.998. The minimum Gasteiger partial charge on any atom is -0.361 e. The lowest BCUT2D eigenvalue weighted by Gasteiger charge is -2.19. The van der Waals surface area contributed by atoms with Gasteiger partial charge in [-0.05, 0) is 12.1 Å². The Kier molecular flexibility index (Phi) is 5.53. The number of hydrogen-bond acceptors (Lipinski definition) is 7. The molecule has 2 heterocycles. The minimum absolute atomic E-state index is 0.127. The molecule has 0 aliphatic carbocycles. The molecule has 9 heteroatoms. The molecule has 28 heavy (non-hydrogen) atoms. The van der Waals surface area contributed by atoms with Crippen LogP contribution >= 0.6 is 0 Å². The fourth-order valence-corrected chi connectivity index (χ4v) is 2.71. The minimum atomic E-state index is -0.232. The molecule has 0 bridgehead atoms. The second-order valence-electron chi connectivity index (χ2n) is 6.75. The van der Waals surface area contributed by atoms with Crippen molar-refractivity contribution in [2.45, 2.75) is 13.0 Å². The number of anilines is 3. The molecule has 9 nitrogen and oxygen atoms in total. The predicted molar refractivity (Wildman–Crippen MR) is 110 cm³/mol. The highest BCUT2D eigenvalue weighted by molar-refractivity contribution is 5.93. The van der Waals surface area contributed by atoms with Crippen LogP contribution in [0.5, 0.6) is 0 Å². The number of fused-ring (bicyclic) bond motifs is 1. The lowest BCUT2D eigenvalue weighted by atomic mass is 10.2. The number of rotatable bonds is 6. The topological polar surface area (TPSA) is 96.2 Å². The quantitative estimate of drug-likeness (QED) is 0.688. The zero-order chi connectivity index (χ0) is 20.3. The Balaban J connectivity index is 1.73. The molecule has 0 aliphatic heterocycles. The van der Waals surface area contributed by atoms with Crippen molar-refractivity contribution in [3.8, 4) is 0 Å². The van der Waals surface area contributed by atoms with E-state index in [-0.39, 0.29) is 24.4 Å². The van der Waals surface area contributed by atoms with Gasteiger partial charge in [-0.3, -0.25) is 14.2 Å². The zero-order valence-electron chi connectivity index (χ0n) is 16.4. The maximum Gasteiger partial charge on any atom is 0.261 e. The van der Waals surface area contributed by atoms with Gasteiger partial charge in [-0.2, -0.15) is 4.98 Å². The zero-order valence-corrected chi connectivity index (χ0v) is 16.4. The SMILES string of the molecule is CN(C)c1ncc(NC(=O)CCn2cnc3ccccc3c2=O)c(N(C)C)n1. The van der Waals surface area contributed by atoms with E-state index in [1.165, 1.54) is 10.9 Å². The van der Waals surface area contributed by atoms with Crippen LogP contribution in [0, 0.1) is 0 Å². The average Bonchev–Trinajstić information content (AvgIpc) is 2.67. The Hall–Kier alpha value is -3.49. The number of carbonyl (C=O) groups excluding carboxylic acids is 1. The number of benzene rings is 1. The molecule has 0 saturated carbocycles. The van der Waals surface area contributed by atoms with Crippen LogP contribution < -0.4 is 20.7 Å². The van der Waals surface area contributed by atoms with Gasteiger partial charge < -0.3 is 15.1 Å². The van der Waals surface area contributed by atoms with E-state index >= 15 is 0 Å². The maximum absolute atomic E-state index is 12.5.